The van der Waals surface area contributed by atoms with Crippen LogP contribution in [-0.4, -0.2) is 18.7 Å². The molecule has 0 saturated heterocycles. The Labute approximate surface area is 88.6 Å². The maximum Gasteiger partial charge on any atom is 0.262 e. The third-order valence-corrected chi connectivity index (χ3v) is 2.12. The van der Waals surface area contributed by atoms with Gasteiger partial charge >= 0.3 is 0 Å². The highest BCUT2D eigenvalue weighted by molar-refractivity contribution is 6.36. The van der Waals surface area contributed by atoms with Crippen molar-refractivity contribution in [3.05, 3.63) is 29.8 Å². The van der Waals surface area contributed by atoms with E-state index >= 15 is 0 Å². The van der Waals surface area contributed by atoms with E-state index in [2.05, 4.69) is 0 Å². The van der Waals surface area contributed by atoms with Crippen molar-refractivity contribution in [3.8, 4) is 5.75 Å². The molecule has 80 valence electrons. The van der Waals surface area contributed by atoms with Crippen LogP contribution in [0.1, 0.15) is 12.0 Å². The first-order valence-electron chi connectivity index (χ1n) is 4.63. The van der Waals surface area contributed by atoms with Crippen molar-refractivity contribution in [2.45, 2.75) is 12.8 Å². The fourth-order valence-electron chi connectivity index (χ4n) is 1.18. The molecular weight excluding hydrogens is 192 g/mol. The van der Waals surface area contributed by atoms with E-state index in [9.17, 15) is 4.79 Å². The number of carbonyl (C=O) groups is 1. The lowest BCUT2D eigenvalue weighted by Gasteiger charge is -2.03. The molecule has 4 nitrogen and oxygen atoms in total. The van der Waals surface area contributed by atoms with Gasteiger partial charge in [-0.15, -0.1) is 0 Å². The first-order chi connectivity index (χ1) is 7.13. The molecule has 0 bridgehead atoms. The SMILES string of the molecule is COc1ccc(CCC(=N)C(N)=O)cc1. The molecule has 1 aromatic carbocycles. The third kappa shape index (κ3) is 3.42. The highest BCUT2D eigenvalue weighted by atomic mass is 16.5. The summed E-state index contributed by atoms with van der Waals surface area (Å²) in [4.78, 5) is 10.6. The van der Waals surface area contributed by atoms with Gasteiger partial charge in [0.15, 0.2) is 0 Å². The van der Waals surface area contributed by atoms with Gasteiger partial charge < -0.3 is 10.5 Å². The molecule has 0 aliphatic rings. The van der Waals surface area contributed by atoms with Gasteiger partial charge in [-0.3, -0.25) is 10.2 Å². The quantitative estimate of drug-likeness (QED) is 0.708. The molecule has 0 unspecified atom stereocenters. The maximum atomic E-state index is 10.6. The van der Waals surface area contributed by atoms with E-state index in [1.165, 1.54) is 0 Å². The van der Waals surface area contributed by atoms with Gasteiger partial charge in [-0.25, -0.2) is 0 Å². The summed E-state index contributed by atoms with van der Waals surface area (Å²) in [5, 5.41) is 7.27. The number of hydrogen-bond acceptors (Lipinski definition) is 3. The molecule has 1 rings (SSSR count). The molecule has 0 fully saturated rings. The zero-order valence-corrected chi connectivity index (χ0v) is 8.62. The number of benzene rings is 1. The van der Waals surface area contributed by atoms with E-state index in [1.807, 2.05) is 24.3 Å². The van der Waals surface area contributed by atoms with Crippen LogP contribution in [-0.2, 0) is 11.2 Å². The number of carbonyl (C=O) groups excluding carboxylic acids is 1. The molecular formula is C11H14N2O2. The normalized spacial score (nSPS) is 9.67. The molecule has 0 heterocycles. The van der Waals surface area contributed by atoms with E-state index in [0.717, 1.165) is 11.3 Å². The molecule has 15 heavy (non-hydrogen) atoms. The van der Waals surface area contributed by atoms with Gasteiger partial charge in [0.25, 0.3) is 5.91 Å². The van der Waals surface area contributed by atoms with Gasteiger partial charge in [0.2, 0.25) is 0 Å². The molecule has 1 amide bonds. The first-order valence-corrected chi connectivity index (χ1v) is 4.63. The van der Waals surface area contributed by atoms with E-state index in [0.29, 0.717) is 12.8 Å². The predicted octanol–water partition coefficient (Wildman–Crippen LogP) is 1.13. The standard InChI is InChI=1S/C11H14N2O2/c1-15-9-5-2-8(3-6-9)4-7-10(12)11(13)14/h2-3,5-6,12H,4,7H2,1H3,(H2,13,14). The lowest BCUT2D eigenvalue weighted by Crippen LogP contribution is -2.22. The zero-order valence-electron chi connectivity index (χ0n) is 8.62. The van der Waals surface area contributed by atoms with Gasteiger partial charge in [0.05, 0.1) is 12.8 Å². The van der Waals surface area contributed by atoms with E-state index in [-0.39, 0.29) is 5.71 Å². The molecule has 0 aliphatic carbocycles. The number of nitrogens with one attached hydrogen (secondary N) is 1. The van der Waals surface area contributed by atoms with E-state index in [1.54, 1.807) is 7.11 Å². The number of nitrogens with two attached hydrogens (primary N) is 1. The molecule has 0 radical (unpaired) electrons. The summed E-state index contributed by atoms with van der Waals surface area (Å²) in [7, 11) is 1.61. The molecule has 0 saturated carbocycles. The van der Waals surface area contributed by atoms with Crippen molar-refractivity contribution >= 4 is 11.6 Å². The van der Waals surface area contributed by atoms with Crippen molar-refractivity contribution in [2.24, 2.45) is 5.73 Å². The smallest absolute Gasteiger partial charge is 0.262 e. The Kier molecular flexibility index (Phi) is 3.85. The van der Waals surface area contributed by atoms with Gasteiger partial charge in [-0.2, -0.15) is 0 Å². The molecule has 3 N–H and O–H groups in total. The summed E-state index contributed by atoms with van der Waals surface area (Å²) >= 11 is 0. The topological polar surface area (TPSA) is 76.2 Å². The van der Waals surface area contributed by atoms with Crippen LogP contribution in [0.3, 0.4) is 0 Å². The third-order valence-electron chi connectivity index (χ3n) is 2.12. The van der Waals surface area contributed by atoms with Crippen molar-refractivity contribution in [2.75, 3.05) is 7.11 Å². The van der Waals surface area contributed by atoms with Crippen molar-refractivity contribution < 1.29 is 9.53 Å². The van der Waals surface area contributed by atoms with Crippen LogP contribution < -0.4 is 10.5 Å². The average Bonchev–Trinajstić information content (AvgIpc) is 2.26. The van der Waals surface area contributed by atoms with Crippen LogP contribution >= 0.6 is 0 Å². The highest BCUT2D eigenvalue weighted by Crippen LogP contribution is 2.12. The number of primary amides is 1. The Morgan fingerprint density at radius 2 is 2.00 bits per heavy atom. The predicted molar refractivity (Wildman–Crippen MR) is 58.2 cm³/mol. The molecule has 1 aromatic rings. The lowest BCUT2D eigenvalue weighted by molar-refractivity contribution is -0.112. The highest BCUT2D eigenvalue weighted by Gasteiger charge is 2.04. The Balaban J connectivity index is 2.51. The Morgan fingerprint density at radius 3 is 2.47 bits per heavy atom. The summed E-state index contributed by atoms with van der Waals surface area (Å²) in [5.41, 5.74) is 5.98. The molecule has 0 aromatic heterocycles. The van der Waals surface area contributed by atoms with Gasteiger partial charge in [0.1, 0.15) is 5.75 Å². The van der Waals surface area contributed by atoms with Crippen molar-refractivity contribution in [1.82, 2.24) is 0 Å². The Morgan fingerprint density at radius 1 is 1.40 bits per heavy atom. The average molecular weight is 206 g/mol. The second-order valence-electron chi connectivity index (χ2n) is 3.19. The number of aryl methyl sites for hydroxylation is 1. The molecule has 0 atom stereocenters. The number of hydrogen-bond donors (Lipinski definition) is 2. The van der Waals surface area contributed by atoms with Crippen LogP contribution in [0.5, 0.6) is 5.75 Å². The van der Waals surface area contributed by atoms with Crippen LogP contribution in [0.15, 0.2) is 24.3 Å². The van der Waals surface area contributed by atoms with Crippen molar-refractivity contribution in [1.29, 1.82) is 5.41 Å². The minimum absolute atomic E-state index is 0.0363. The van der Waals surface area contributed by atoms with E-state index in [4.69, 9.17) is 15.9 Å². The minimum atomic E-state index is -0.650. The minimum Gasteiger partial charge on any atom is -0.497 e. The largest absolute Gasteiger partial charge is 0.497 e. The summed E-state index contributed by atoms with van der Waals surface area (Å²) in [6, 6.07) is 7.52. The Bertz CT molecular complexity index is 357. The summed E-state index contributed by atoms with van der Waals surface area (Å²) in [6.07, 6.45) is 1.02. The van der Waals surface area contributed by atoms with Crippen LogP contribution in [0.25, 0.3) is 0 Å². The van der Waals surface area contributed by atoms with Gasteiger partial charge in [0, 0.05) is 0 Å². The van der Waals surface area contributed by atoms with Crippen LogP contribution in [0.2, 0.25) is 0 Å². The molecule has 4 heteroatoms. The monoisotopic (exact) mass is 206 g/mol. The van der Waals surface area contributed by atoms with Crippen molar-refractivity contribution in [3.63, 3.8) is 0 Å². The second-order valence-corrected chi connectivity index (χ2v) is 3.19. The maximum absolute atomic E-state index is 10.6. The molecule has 0 spiro atoms. The van der Waals surface area contributed by atoms with Crippen LogP contribution in [0, 0.1) is 5.41 Å². The number of amides is 1. The second kappa shape index (κ2) is 5.14. The van der Waals surface area contributed by atoms with Crippen LogP contribution in [0.4, 0.5) is 0 Å². The zero-order chi connectivity index (χ0) is 11.3. The van der Waals surface area contributed by atoms with E-state index < -0.39 is 5.91 Å². The lowest BCUT2D eigenvalue weighted by atomic mass is 10.1. The Hall–Kier alpha value is -1.84. The fourth-order valence-corrected chi connectivity index (χ4v) is 1.18. The summed E-state index contributed by atoms with van der Waals surface area (Å²) in [6.45, 7) is 0. The first kappa shape index (κ1) is 11.2. The number of rotatable bonds is 5. The summed E-state index contributed by atoms with van der Waals surface area (Å²) < 4.78 is 5.02. The number of methoxy groups -OCH3 is 1. The molecule has 0 aliphatic heterocycles. The number of ether oxygens (including phenoxy) is 1. The van der Waals surface area contributed by atoms with Gasteiger partial charge in [-0.1, -0.05) is 12.1 Å². The van der Waals surface area contributed by atoms with Gasteiger partial charge in [-0.05, 0) is 30.5 Å². The fraction of sp³-hybridized carbons (Fsp3) is 0.273. The summed E-state index contributed by atoms with van der Waals surface area (Å²) in [5.74, 6) is 0.146.